The van der Waals surface area contributed by atoms with Crippen LogP contribution in [0.15, 0.2) is 52.9 Å². The zero-order valence-electron chi connectivity index (χ0n) is 16.7. The van der Waals surface area contributed by atoms with Crippen LogP contribution in [0.5, 0.6) is 0 Å². The van der Waals surface area contributed by atoms with Crippen molar-refractivity contribution in [1.82, 2.24) is 9.97 Å². The van der Waals surface area contributed by atoms with E-state index < -0.39 is 0 Å². The number of nitrogens with zero attached hydrogens (tertiary/aromatic N) is 3. The molecule has 0 atom stereocenters. The first-order valence-electron chi connectivity index (χ1n) is 10.1. The van der Waals surface area contributed by atoms with E-state index in [1.54, 1.807) is 0 Å². The molecule has 1 amide bonds. The van der Waals surface area contributed by atoms with E-state index in [2.05, 4.69) is 27.1 Å². The molecule has 0 aliphatic carbocycles. The highest BCUT2D eigenvalue weighted by Gasteiger charge is 2.24. The first-order valence-corrected chi connectivity index (χ1v) is 10.1. The summed E-state index contributed by atoms with van der Waals surface area (Å²) >= 11 is 0. The molecule has 0 spiro atoms. The Hall–Kier alpha value is -3.45. The van der Waals surface area contributed by atoms with Crippen molar-refractivity contribution in [2.45, 2.75) is 13.3 Å². The standard InChI is InChI=1S/C23H22N4O3/c1-2-15-7-9-16(10-8-15)24-23(28)21-25-19-17-5-3-4-6-18(17)30-20(19)22(26-21)27-11-13-29-14-12-27/h3-10H,2,11-14H2,1H3,(H,24,28). The van der Waals surface area contributed by atoms with E-state index in [0.717, 1.165) is 17.4 Å². The summed E-state index contributed by atoms with van der Waals surface area (Å²) in [5.41, 5.74) is 3.90. The van der Waals surface area contributed by atoms with Crippen LogP contribution < -0.4 is 10.2 Å². The van der Waals surface area contributed by atoms with Gasteiger partial charge in [-0.1, -0.05) is 31.2 Å². The van der Waals surface area contributed by atoms with E-state index in [1.165, 1.54) is 5.56 Å². The molecule has 1 N–H and O–H groups in total. The van der Waals surface area contributed by atoms with E-state index in [-0.39, 0.29) is 11.7 Å². The van der Waals surface area contributed by atoms with Crippen LogP contribution in [0.3, 0.4) is 0 Å². The van der Waals surface area contributed by atoms with Crippen LogP contribution in [-0.4, -0.2) is 42.2 Å². The van der Waals surface area contributed by atoms with Gasteiger partial charge in [0.05, 0.1) is 13.2 Å². The number of furan rings is 1. The van der Waals surface area contributed by atoms with Gasteiger partial charge in [-0.15, -0.1) is 0 Å². The van der Waals surface area contributed by atoms with Gasteiger partial charge in [0.1, 0.15) is 11.1 Å². The second-order valence-electron chi connectivity index (χ2n) is 7.25. The summed E-state index contributed by atoms with van der Waals surface area (Å²) in [5, 5.41) is 3.77. The second-order valence-corrected chi connectivity index (χ2v) is 7.25. The number of nitrogens with one attached hydrogen (secondary N) is 1. The zero-order chi connectivity index (χ0) is 20.5. The lowest BCUT2D eigenvalue weighted by atomic mass is 10.1. The van der Waals surface area contributed by atoms with Crippen molar-refractivity contribution in [2.75, 3.05) is 36.5 Å². The van der Waals surface area contributed by atoms with Gasteiger partial charge in [-0.3, -0.25) is 4.79 Å². The molecule has 1 saturated heterocycles. The van der Waals surface area contributed by atoms with Crippen molar-refractivity contribution >= 4 is 39.5 Å². The van der Waals surface area contributed by atoms with Crippen molar-refractivity contribution in [3.63, 3.8) is 0 Å². The Kier molecular flexibility index (Phi) is 4.80. The molecule has 7 nitrogen and oxygen atoms in total. The quantitative estimate of drug-likeness (QED) is 0.555. The molecule has 1 fully saturated rings. The molecule has 1 aliphatic rings. The van der Waals surface area contributed by atoms with E-state index >= 15 is 0 Å². The number of fused-ring (bicyclic) bond motifs is 3. The Bertz CT molecular complexity index is 1210. The molecule has 0 saturated carbocycles. The van der Waals surface area contributed by atoms with Gasteiger partial charge in [-0.25, -0.2) is 9.97 Å². The van der Waals surface area contributed by atoms with Crippen LogP contribution in [0.1, 0.15) is 23.1 Å². The lowest BCUT2D eigenvalue weighted by Gasteiger charge is -2.27. The molecule has 5 rings (SSSR count). The fraction of sp³-hybridized carbons (Fsp3) is 0.261. The van der Waals surface area contributed by atoms with Gasteiger partial charge in [0, 0.05) is 24.2 Å². The molecule has 3 heterocycles. The summed E-state index contributed by atoms with van der Waals surface area (Å²) < 4.78 is 11.5. The number of para-hydroxylation sites is 1. The number of anilines is 2. The number of hydrogen-bond acceptors (Lipinski definition) is 6. The topological polar surface area (TPSA) is 80.5 Å². The molecule has 4 aromatic rings. The van der Waals surface area contributed by atoms with Crippen molar-refractivity contribution < 1.29 is 13.9 Å². The van der Waals surface area contributed by atoms with Crippen molar-refractivity contribution in [3.8, 4) is 0 Å². The Labute approximate surface area is 173 Å². The minimum Gasteiger partial charge on any atom is -0.450 e. The van der Waals surface area contributed by atoms with Crippen LogP contribution in [0, 0.1) is 0 Å². The zero-order valence-corrected chi connectivity index (χ0v) is 16.7. The summed E-state index contributed by atoms with van der Waals surface area (Å²) in [6.45, 7) is 4.68. The molecular formula is C23H22N4O3. The van der Waals surface area contributed by atoms with Gasteiger partial charge in [0.25, 0.3) is 5.91 Å². The number of rotatable bonds is 4. The Morgan fingerprint density at radius 2 is 1.83 bits per heavy atom. The minimum atomic E-state index is -0.346. The summed E-state index contributed by atoms with van der Waals surface area (Å²) in [4.78, 5) is 24.3. The average molecular weight is 402 g/mol. The highest BCUT2D eigenvalue weighted by Crippen LogP contribution is 2.33. The van der Waals surface area contributed by atoms with Gasteiger partial charge in [0.2, 0.25) is 5.82 Å². The predicted molar refractivity (Wildman–Crippen MR) is 116 cm³/mol. The first-order chi connectivity index (χ1) is 14.7. The Morgan fingerprint density at radius 3 is 2.60 bits per heavy atom. The number of amides is 1. The molecule has 2 aromatic carbocycles. The lowest BCUT2D eigenvalue weighted by Crippen LogP contribution is -2.37. The summed E-state index contributed by atoms with van der Waals surface area (Å²) in [5.74, 6) is 0.405. The SMILES string of the molecule is CCc1ccc(NC(=O)c2nc(N3CCOCC3)c3oc4ccccc4c3n2)cc1. The van der Waals surface area contributed by atoms with Gasteiger partial charge in [0.15, 0.2) is 11.4 Å². The third-order valence-corrected chi connectivity index (χ3v) is 5.34. The van der Waals surface area contributed by atoms with Gasteiger partial charge < -0.3 is 19.4 Å². The maximum absolute atomic E-state index is 13.0. The van der Waals surface area contributed by atoms with E-state index in [0.29, 0.717) is 48.9 Å². The Balaban J connectivity index is 1.58. The fourth-order valence-corrected chi connectivity index (χ4v) is 3.68. The predicted octanol–water partition coefficient (Wildman–Crippen LogP) is 4.03. The van der Waals surface area contributed by atoms with Crippen LogP contribution in [0.2, 0.25) is 0 Å². The highest BCUT2D eigenvalue weighted by atomic mass is 16.5. The third-order valence-electron chi connectivity index (χ3n) is 5.34. The number of aryl methyl sites for hydroxylation is 1. The van der Waals surface area contributed by atoms with Crippen LogP contribution in [0.4, 0.5) is 11.5 Å². The number of carbonyl (C=O) groups excluding carboxylic acids is 1. The van der Waals surface area contributed by atoms with Crippen LogP contribution in [0.25, 0.3) is 22.1 Å². The molecule has 7 heteroatoms. The second kappa shape index (κ2) is 7.76. The van der Waals surface area contributed by atoms with Crippen LogP contribution in [-0.2, 0) is 11.2 Å². The normalized spacial score (nSPS) is 14.4. The number of morpholine rings is 1. The van der Waals surface area contributed by atoms with Crippen molar-refractivity contribution in [1.29, 1.82) is 0 Å². The van der Waals surface area contributed by atoms with Crippen molar-refractivity contribution in [2.24, 2.45) is 0 Å². The van der Waals surface area contributed by atoms with Crippen LogP contribution >= 0.6 is 0 Å². The summed E-state index contributed by atoms with van der Waals surface area (Å²) in [6.07, 6.45) is 0.949. The molecule has 30 heavy (non-hydrogen) atoms. The molecule has 0 unspecified atom stereocenters. The van der Waals surface area contributed by atoms with Gasteiger partial charge >= 0.3 is 0 Å². The molecule has 1 aliphatic heterocycles. The van der Waals surface area contributed by atoms with Gasteiger partial charge in [-0.05, 0) is 36.2 Å². The number of aromatic nitrogens is 2. The number of hydrogen-bond donors (Lipinski definition) is 1. The van der Waals surface area contributed by atoms with E-state index in [4.69, 9.17) is 9.15 Å². The van der Waals surface area contributed by atoms with E-state index in [1.807, 2.05) is 48.5 Å². The number of carbonyl (C=O) groups is 1. The summed E-state index contributed by atoms with van der Waals surface area (Å²) in [6, 6.07) is 15.5. The third kappa shape index (κ3) is 3.37. The lowest BCUT2D eigenvalue weighted by molar-refractivity contribution is 0.101. The number of ether oxygens (including phenoxy) is 1. The first kappa shape index (κ1) is 18.6. The largest absolute Gasteiger partial charge is 0.450 e. The average Bonchev–Trinajstić information content (AvgIpc) is 3.18. The summed E-state index contributed by atoms with van der Waals surface area (Å²) in [7, 11) is 0. The molecule has 2 aromatic heterocycles. The van der Waals surface area contributed by atoms with Crippen molar-refractivity contribution in [3.05, 3.63) is 59.9 Å². The molecule has 0 radical (unpaired) electrons. The van der Waals surface area contributed by atoms with E-state index in [9.17, 15) is 4.79 Å². The number of benzene rings is 2. The molecule has 0 bridgehead atoms. The maximum Gasteiger partial charge on any atom is 0.293 e. The molecular weight excluding hydrogens is 380 g/mol. The fourth-order valence-electron chi connectivity index (χ4n) is 3.68. The smallest absolute Gasteiger partial charge is 0.293 e. The maximum atomic E-state index is 13.0. The highest BCUT2D eigenvalue weighted by molar-refractivity contribution is 6.09. The Morgan fingerprint density at radius 1 is 1.07 bits per heavy atom. The minimum absolute atomic E-state index is 0.120. The van der Waals surface area contributed by atoms with Gasteiger partial charge in [-0.2, -0.15) is 0 Å². The monoisotopic (exact) mass is 402 g/mol. The molecule has 152 valence electrons.